The zero-order valence-corrected chi connectivity index (χ0v) is 18.1. The fraction of sp³-hybridized carbons (Fsp3) is 0.458. The molecule has 2 heterocycles. The van der Waals surface area contributed by atoms with E-state index in [-0.39, 0.29) is 35.5 Å². The van der Waals surface area contributed by atoms with Crippen LogP contribution in [0.25, 0.3) is 11.3 Å². The molecule has 0 N–H and O–H groups in total. The van der Waals surface area contributed by atoms with E-state index in [0.717, 1.165) is 24.1 Å². The highest BCUT2D eigenvalue weighted by Crippen LogP contribution is 2.60. The Morgan fingerprint density at radius 3 is 2.14 bits per heavy atom. The number of imide groups is 1. The lowest BCUT2D eigenvalue weighted by atomic mass is 9.81. The van der Waals surface area contributed by atoms with Gasteiger partial charge < -0.3 is 0 Å². The highest BCUT2D eigenvalue weighted by Gasteiger charge is 2.64. The zero-order chi connectivity index (χ0) is 20.4. The fourth-order valence-electron chi connectivity index (χ4n) is 5.72. The number of carbonyl (C=O) groups is 2. The van der Waals surface area contributed by atoms with Crippen molar-refractivity contribution in [2.45, 2.75) is 46.5 Å². The van der Waals surface area contributed by atoms with E-state index in [1.165, 1.54) is 32.9 Å². The van der Waals surface area contributed by atoms with Crippen molar-refractivity contribution < 1.29 is 9.59 Å². The normalized spacial score (nSPS) is 28.0. The average Bonchev–Trinajstić information content (AvgIpc) is 3.44. The summed E-state index contributed by atoms with van der Waals surface area (Å²) in [5.74, 6) is 0.547. The molecule has 2 saturated carbocycles. The molecule has 1 aromatic heterocycles. The molecule has 2 aromatic rings. The Morgan fingerprint density at radius 1 is 1.03 bits per heavy atom. The first-order chi connectivity index (χ1) is 13.9. The van der Waals surface area contributed by atoms with Gasteiger partial charge in [0.1, 0.15) is 0 Å². The highest BCUT2D eigenvalue weighted by molar-refractivity contribution is 7.14. The molecule has 4 nitrogen and oxygen atoms in total. The predicted octanol–water partition coefficient (Wildman–Crippen LogP) is 5.42. The van der Waals surface area contributed by atoms with E-state index in [2.05, 4.69) is 56.9 Å². The molecular weight excluding hydrogens is 380 g/mol. The molecule has 5 heteroatoms. The van der Waals surface area contributed by atoms with Gasteiger partial charge in [0.25, 0.3) is 0 Å². The maximum absolute atomic E-state index is 13.3. The summed E-state index contributed by atoms with van der Waals surface area (Å²) in [5.41, 5.74) is 5.80. The summed E-state index contributed by atoms with van der Waals surface area (Å²) in [4.78, 5) is 32.6. The molecule has 1 saturated heterocycles. The van der Waals surface area contributed by atoms with Crippen LogP contribution in [0.15, 0.2) is 40.8 Å². The van der Waals surface area contributed by atoms with Crippen molar-refractivity contribution in [3.63, 3.8) is 0 Å². The standard InChI is InChI=1S/C24H26N2O2S/c1-12(2)14-5-7-15(8-6-14)18-11-29-24(25-18)26-22(27)20-16-9-10-17(19(16)13(3)4)21(20)23(26)28/h5-8,11-12,16-17,20-21H,9-10H2,1-4H3/t16-,17+,20-,21-/m0/s1. The van der Waals surface area contributed by atoms with Gasteiger partial charge in [-0.25, -0.2) is 9.88 Å². The Hall–Kier alpha value is -2.27. The van der Waals surface area contributed by atoms with Crippen LogP contribution in [0.1, 0.15) is 52.0 Å². The molecule has 1 aliphatic heterocycles. The van der Waals surface area contributed by atoms with Gasteiger partial charge in [-0.1, -0.05) is 49.3 Å². The van der Waals surface area contributed by atoms with Gasteiger partial charge in [-0.3, -0.25) is 9.59 Å². The lowest BCUT2D eigenvalue weighted by Crippen LogP contribution is -2.33. The number of benzene rings is 1. The van der Waals surface area contributed by atoms with Crippen molar-refractivity contribution in [3.8, 4) is 11.3 Å². The average molecular weight is 407 g/mol. The van der Waals surface area contributed by atoms with E-state index in [0.29, 0.717) is 11.0 Å². The Kier molecular flexibility index (Phi) is 4.28. The first-order valence-corrected chi connectivity index (χ1v) is 11.4. The number of carbonyl (C=O) groups excluding carboxylic acids is 2. The Labute approximate surface area is 175 Å². The van der Waals surface area contributed by atoms with Gasteiger partial charge in [0, 0.05) is 10.9 Å². The van der Waals surface area contributed by atoms with Crippen LogP contribution in [0.5, 0.6) is 0 Å². The van der Waals surface area contributed by atoms with Crippen molar-refractivity contribution in [1.82, 2.24) is 4.98 Å². The first kappa shape index (κ1) is 18.7. The van der Waals surface area contributed by atoms with Gasteiger partial charge in [-0.15, -0.1) is 11.3 Å². The minimum absolute atomic E-state index is 0.0398. The van der Waals surface area contributed by atoms with Gasteiger partial charge in [-0.05, 0) is 50.0 Å². The maximum atomic E-state index is 13.3. The number of aromatic nitrogens is 1. The number of hydrogen-bond acceptors (Lipinski definition) is 4. The molecule has 3 aliphatic rings. The molecule has 1 aromatic carbocycles. The molecular formula is C24H26N2O2S. The van der Waals surface area contributed by atoms with E-state index in [4.69, 9.17) is 0 Å². The lowest BCUT2D eigenvalue weighted by molar-refractivity contribution is -0.123. The van der Waals surface area contributed by atoms with E-state index in [1.54, 1.807) is 0 Å². The summed E-state index contributed by atoms with van der Waals surface area (Å²) in [6.07, 6.45) is 2.06. The minimum atomic E-state index is -0.177. The van der Waals surface area contributed by atoms with Gasteiger partial charge in [0.2, 0.25) is 11.8 Å². The fourth-order valence-corrected chi connectivity index (χ4v) is 6.56. The summed E-state index contributed by atoms with van der Waals surface area (Å²) in [6.45, 7) is 8.58. The Bertz CT molecular complexity index is 997. The van der Waals surface area contributed by atoms with Crippen molar-refractivity contribution in [2.75, 3.05) is 4.90 Å². The second kappa shape index (κ2) is 6.63. The lowest BCUT2D eigenvalue weighted by Gasteiger charge is -2.18. The number of fused-ring (bicyclic) bond motifs is 5. The molecule has 2 bridgehead atoms. The number of nitrogens with zero attached hydrogens (tertiary/aromatic N) is 2. The second-order valence-corrected chi connectivity index (χ2v) is 9.94. The molecule has 2 amide bonds. The van der Waals surface area contributed by atoms with Crippen LogP contribution >= 0.6 is 11.3 Å². The van der Waals surface area contributed by atoms with Crippen LogP contribution in [0.4, 0.5) is 5.13 Å². The third kappa shape index (κ3) is 2.67. The van der Waals surface area contributed by atoms with Gasteiger partial charge in [0.05, 0.1) is 17.5 Å². The van der Waals surface area contributed by atoms with Gasteiger partial charge in [0.15, 0.2) is 5.13 Å². The SMILES string of the molecule is CC(C)=C1[C@H]2CC[C@@H]1[C@@H]1C(=O)N(c3nc(-c4ccc(C(C)C)cc4)cs3)C(=O)[C@H]12. The van der Waals surface area contributed by atoms with E-state index >= 15 is 0 Å². The molecule has 0 unspecified atom stereocenters. The first-order valence-electron chi connectivity index (χ1n) is 10.5. The van der Waals surface area contributed by atoms with E-state index in [9.17, 15) is 9.59 Å². The predicted molar refractivity (Wildman–Crippen MR) is 116 cm³/mol. The van der Waals surface area contributed by atoms with Crippen molar-refractivity contribution in [3.05, 3.63) is 46.4 Å². The van der Waals surface area contributed by atoms with Crippen LogP contribution in [0.2, 0.25) is 0 Å². The Morgan fingerprint density at radius 2 is 1.62 bits per heavy atom. The van der Waals surface area contributed by atoms with Crippen LogP contribution in [-0.2, 0) is 9.59 Å². The largest absolute Gasteiger partial charge is 0.274 e. The second-order valence-electron chi connectivity index (χ2n) is 9.10. The monoisotopic (exact) mass is 406 g/mol. The topological polar surface area (TPSA) is 50.3 Å². The van der Waals surface area contributed by atoms with Crippen LogP contribution in [0.3, 0.4) is 0 Å². The maximum Gasteiger partial charge on any atom is 0.240 e. The van der Waals surface area contributed by atoms with Crippen LogP contribution in [-0.4, -0.2) is 16.8 Å². The minimum Gasteiger partial charge on any atom is -0.274 e. The number of hydrogen-bond donors (Lipinski definition) is 0. The van der Waals surface area contributed by atoms with Gasteiger partial charge in [-0.2, -0.15) is 0 Å². The molecule has 3 fully saturated rings. The van der Waals surface area contributed by atoms with Crippen molar-refractivity contribution >= 4 is 28.3 Å². The number of allylic oxidation sites excluding steroid dienone is 2. The van der Waals surface area contributed by atoms with E-state index in [1.807, 2.05) is 5.38 Å². The summed E-state index contributed by atoms with van der Waals surface area (Å²) in [5, 5.41) is 2.47. The molecule has 0 spiro atoms. The summed E-state index contributed by atoms with van der Waals surface area (Å²) < 4.78 is 0. The number of rotatable bonds is 3. The van der Waals surface area contributed by atoms with E-state index < -0.39 is 0 Å². The molecule has 150 valence electrons. The number of anilines is 1. The highest BCUT2D eigenvalue weighted by atomic mass is 32.1. The number of thiazole rings is 1. The summed E-state index contributed by atoms with van der Waals surface area (Å²) in [7, 11) is 0. The van der Waals surface area contributed by atoms with Crippen molar-refractivity contribution in [2.24, 2.45) is 23.7 Å². The third-order valence-corrected chi connectivity index (χ3v) is 7.81. The van der Waals surface area contributed by atoms with Crippen LogP contribution < -0.4 is 4.90 Å². The molecule has 2 aliphatic carbocycles. The molecule has 5 rings (SSSR count). The number of amides is 2. The zero-order valence-electron chi connectivity index (χ0n) is 17.3. The smallest absolute Gasteiger partial charge is 0.240 e. The third-order valence-electron chi connectivity index (χ3n) is 6.99. The van der Waals surface area contributed by atoms with Crippen LogP contribution in [0, 0.1) is 23.7 Å². The summed E-state index contributed by atoms with van der Waals surface area (Å²) in [6, 6.07) is 8.37. The molecule has 4 atom stereocenters. The summed E-state index contributed by atoms with van der Waals surface area (Å²) >= 11 is 1.39. The Balaban J connectivity index is 1.44. The molecule has 29 heavy (non-hydrogen) atoms. The van der Waals surface area contributed by atoms with Gasteiger partial charge >= 0.3 is 0 Å². The molecule has 0 radical (unpaired) electrons. The van der Waals surface area contributed by atoms with Crippen molar-refractivity contribution in [1.29, 1.82) is 0 Å². The quantitative estimate of drug-likeness (QED) is 0.505.